The quantitative estimate of drug-likeness (QED) is 0.142. The highest BCUT2D eigenvalue weighted by Crippen LogP contribution is 2.30. The Bertz CT molecular complexity index is 1380. The number of pyridine rings is 1. The van der Waals surface area contributed by atoms with Gasteiger partial charge < -0.3 is 21.3 Å². The van der Waals surface area contributed by atoms with Crippen molar-refractivity contribution in [3.05, 3.63) is 102 Å². The largest absolute Gasteiger partial charge is 0.505 e. The summed E-state index contributed by atoms with van der Waals surface area (Å²) in [4.78, 5) is 39.5. The standard InChI is InChI=1S/C30H36N6O4/c1-8-23(37)25(32-9-2)28(39)35-18-20-11-16-24(34-17-20)36(22-14-12-21(13-15-22)30(5,6)7)29(40)19(4)26(38)27(31)33-10-3/h8-17,37-38H,1,4,18,31H2,2-3,5-7H3,(H,35,39)/b25-23+,27-26+,32-9?,33-10?. The lowest BCUT2D eigenvalue weighted by Crippen LogP contribution is -2.29. The Labute approximate surface area is 234 Å². The second-order valence-electron chi connectivity index (χ2n) is 9.57. The van der Waals surface area contributed by atoms with Crippen LogP contribution in [0.2, 0.25) is 0 Å². The van der Waals surface area contributed by atoms with Crippen LogP contribution < -0.4 is 16.0 Å². The van der Waals surface area contributed by atoms with Crippen LogP contribution in [0.15, 0.2) is 100 Å². The van der Waals surface area contributed by atoms with E-state index in [1.165, 1.54) is 23.5 Å². The molecule has 2 rings (SSSR count). The molecule has 0 saturated heterocycles. The van der Waals surface area contributed by atoms with E-state index in [4.69, 9.17) is 5.73 Å². The van der Waals surface area contributed by atoms with Crippen LogP contribution in [0.25, 0.3) is 0 Å². The maximum atomic E-state index is 13.6. The Morgan fingerprint density at radius 3 is 2.20 bits per heavy atom. The van der Waals surface area contributed by atoms with Crippen molar-refractivity contribution in [1.82, 2.24) is 10.3 Å². The number of hydrogen-bond donors (Lipinski definition) is 4. The summed E-state index contributed by atoms with van der Waals surface area (Å²) in [6, 6.07) is 10.7. The predicted molar refractivity (Wildman–Crippen MR) is 160 cm³/mol. The summed E-state index contributed by atoms with van der Waals surface area (Å²) < 4.78 is 0. The summed E-state index contributed by atoms with van der Waals surface area (Å²) in [7, 11) is 0. The molecule has 5 N–H and O–H groups in total. The van der Waals surface area contributed by atoms with Gasteiger partial charge in [0.2, 0.25) is 0 Å². The minimum absolute atomic E-state index is 0.0787. The minimum atomic E-state index is -0.657. The molecule has 0 aliphatic carbocycles. The lowest BCUT2D eigenvalue weighted by atomic mass is 9.87. The van der Waals surface area contributed by atoms with E-state index in [-0.39, 0.29) is 40.6 Å². The first-order chi connectivity index (χ1) is 18.8. The van der Waals surface area contributed by atoms with Gasteiger partial charge in [0.25, 0.3) is 11.8 Å². The molecule has 0 atom stereocenters. The van der Waals surface area contributed by atoms with E-state index < -0.39 is 17.6 Å². The SMILES string of the molecule is C=C/C(O)=C(\N=CC)C(=O)NCc1ccc(N(C(=O)C(=C)/C(O)=C(/N)N=CC)c2ccc(C(C)(C)C)cc2)nc1. The molecule has 1 aromatic carbocycles. The maximum Gasteiger partial charge on any atom is 0.273 e. The van der Waals surface area contributed by atoms with Crippen LogP contribution in [0.1, 0.15) is 45.7 Å². The van der Waals surface area contributed by atoms with Gasteiger partial charge in [-0.25, -0.2) is 9.98 Å². The molecular formula is C30H36N6O4. The zero-order chi connectivity index (χ0) is 30.0. The average Bonchev–Trinajstić information content (AvgIpc) is 2.94. The predicted octanol–water partition coefficient (Wildman–Crippen LogP) is 5.04. The Morgan fingerprint density at radius 1 is 1.07 bits per heavy atom. The normalized spacial score (nSPS) is 13.0. The van der Waals surface area contributed by atoms with Gasteiger partial charge >= 0.3 is 0 Å². The number of aromatic nitrogens is 1. The van der Waals surface area contributed by atoms with Crippen molar-refractivity contribution >= 4 is 35.7 Å². The van der Waals surface area contributed by atoms with E-state index in [9.17, 15) is 19.8 Å². The molecule has 0 bridgehead atoms. The van der Waals surface area contributed by atoms with Gasteiger partial charge in [0.15, 0.2) is 17.3 Å². The van der Waals surface area contributed by atoms with Crippen LogP contribution in [0.4, 0.5) is 11.5 Å². The Balaban J connectivity index is 2.44. The molecule has 0 radical (unpaired) electrons. The molecule has 0 fully saturated rings. The van der Waals surface area contributed by atoms with Gasteiger partial charge in [0.1, 0.15) is 11.6 Å². The number of anilines is 2. The fourth-order valence-corrected chi connectivity index (χ4v) is 3.44. The molecule has 10 heteroatoms. The van der Waals surface area contributed by atoms with E-state index in [0.717, 1.165) is 11.6 Å². The minimum Gasteiger partial charge on any atom is -0.505 e. The number of aliphatic hydroxyl groups excluding tert-OH is 2. The van der Waals surface area contributed by atoms with Crippen molar-refractivity contribution in [3.63, 3.8) is 0 Å². The lowest BCUT2D eigenvalue weighted by Gasteiger charge is -2.25. The van der Waals surface area contributed by atoms with Crippen LogP contribution in [-0.2, 0) is 21.5 Å². The molecule has 40 heavy (non-hydrogen) atoms. The molecule has 0 aliphatic rings. The van der Waals surface area contributed by atoms with Gasteiger partial charge in [-0.15, -0.1) is 0 Å². The smallest absolute Gasteiger partial charge is 0.273 e. The summed E-state index contributed by atoms with van der Waals surface area (Å²) >= 11 is 0. The number of nitrogens with zero attached hydrogens (tertiary/aromatic N) is 4. The fourth-order valence-electron chi connectivity index (χ4n) is 3.44. The molecule has 1 heterocycles. The summed E-state index contributed by atoms with van der Waals surface area (Å²) in [6.07, 6.45) is 5.39. The van der Waals surface area contributed by atoms with Gasteiger partial charge in [-0.1, -0.05) is 52.1 Å². The van der Waals surface area contributed by atoms with E-state index in [0.29, 0.717) is 11.3 Å². The third kappa shape index (κ3) is 7.76. The molecule has 2 amide bonds. The van der Waals surface area contributed by atoms with Gasteiger partial charge in [-0.05, 0) is 54.7 Å². The van der Waals surface area contributed by atoms with Crippen LogP contribution in [0.3, 0.4) is 0 Å². The molecule has 2 aromatic rings. The van der Waals surface area contributed by atoms with Crippen molar-refractivity contribution in [3.8, 4) is 0 Å². The van der Waals surface area contributed by atoms with Crippen LogP contribution >= 0.6 is 0 Å². The number of nitrogens with two attached hydrogens (primary N) is 1. The highest BCUT2D eigenvalue weighted by Gasteiger charge is 2.26. The van der Waals surface area contributed by atoms with Crippen LogP contribution in [0, 0.1) is 0 Å². The molecular weight excluding hydrogens is 508 g/mol. The summed E-state index contributed by atoms with van der Waals surface area (Å²) in [6.45, 7) is 16.7. The van der Waals surface area contributed by atoms with E-state index >= 15 is 0 Å². The highest BCUT2D eigenvalue weighted by atomic mass is 16.3. The van der Waals surface area contributed by atoms with Crippen molar-refractivity contribution in [2.75, 3.05) is 4.90 Å². The number of hydrogen-bond acceptors (Lipinski definition) is 8. The number of benzene rings is 1. The zero-order valence-corrected chi connectivity index (χ0v) is 23.5. The first-order valence-electron chi connectivity index (χ1n) is 12.4. The topological polar surface area (TPSA) is 154 Å². The zero-order valence-electron chi connectivity index (χ0n) is 23.5. The molecule has 0 saturated carbocycles. The molecule has 210 valence electrons. The lowest BCUT2D eigenvalue weighted by molar-refractivity contribution is -0.118. The van der Waals surface area contributed by atoms with Gasteiger partial charge in [0, 0.05) is 25.2 Å². The molecule has 10 nitrogen and oxygen atoms in total. The monoisotopic (exact) mass is 544 g/mol. The summed E-state index contributed by atoms with van der Waals surface area (Å²) in [5, 5.41) is 23.0. The number of allylic oxidation sites excluding steroid dienone is 1. The molecule has 1 aromatic heterocycles. The number of carbonyl (C=O) groups is 2. The summed E-state index contributed by atoms with van der Waals surface area (Å²) in [5.41, 5.74) is 7.41. The summed E-state index contributed by atoms with van der Waals surface area (Å²) in [5.74, 6) is -2.14. The maximum absolute atomic E-state index is 13.6. The third-order valence-electron chi connectivity index (χ3n) is 5.65. The fraction of sp³-hybridized carbons (Fsp3) is 0.233. The Morgan fingerprint density at radius 2 is 1.70 bits per heavy atom. The Hall–Kier alpha value is -4.99. The van der Waals surface area contributed by atoms with E-state index in [1.807, 2.05) is 12.1 Å². The van der Waals surface area contributed by atoms with Gasteiger partial charge in [-0.3, -0.25) is 19.5 Å². The number of rotatable bonds is 10. The van der Waals surface area contributed by atoms with Gasteiger partial charge in [0.05, 0.1) is 11.3 Å². The Kier molecular flexibility index (Phi) is 10.7. The third-order valence-corrected chi connectivity index (χ3v) is 5.65. The molecule has 0 aliphatic heterocycles. The number of amides is 2. The molecule has 0 spiro atoms. The first-order valence-corrected chi connectivity index (χ1v) is 12.4. The number of aliphatic hydroxyl groups is 2. The first kappa shape index (κ1) is 31.2. The van der Waals surface area contributed by atoms with E-state index in [1.54, 1.807) is 38.1 Å². The number of aliphatic imine (C=N–C) groups is 2. The number of nitrogens with one attached hydrogen (secondary N) is 1. The van der Waals surface area contributed by atoms with Crippen LogP contribution in [-0.4, -0.2) is 39.4 Å². The second kappa shape index (κ2) is 13.7. The van der Waals surface area contributed by atoms with Crippen molar-refractivity contribution < 1.29 is 19.8 Å². The van der Waals surface area contributed by atoms with Crippen LogP contribution in [0.5, 0.6) is 0 Å². The van der Waals surface area contributed by atoms with Crippen molar-refractivity contribution in [2.24, 2.45) is 15.7 Å². The second-order valence-corrected chi connectivity index (χ2v) is 9.57. The average molecular weight is 545 g/mol. The van der Waals surface area contributed by atoms with Crippen molar-refractivity contribution in [1.29, 1.82) is 0 Å². The van der Waals surface area contributed by atoms with Gasteiger partial charge in [-0.2, -0.15) is 0 Å². The van der Waals surface area contributed by atoms with Crippen molar-refractivity contribution in [2.45, 2.75) is 46.6 Å². The van der Waals surface area contributed by atoms with E-state index in [2.05, 4.69) is 54.2 Å². The molecule has 0 unspecified atom stereocenters. The highest BCUT2D eigenvalue weighted by molar-refractivity contribution is 6.11. The number of carbonyl (C=O) groups excluding carboxylic acids is 2.